The lowest BCUT2D eigenvalue weighted by Gasteiger charge is -2.38. The normalized spacial score (nSPS) is 22.4. The van der Waals surface area contributed by atoms with Gasteiger partial charge in [0.1, 0.15) is 12.1 Å². The van der Waals surface area contributed by atoms with E-state index in [9.17, 15) is 53.4 Å². The third kappa shape index (κ3) is 16.3. The molecule has 74 heavy (non-hydrogen) atoms. The molecule has 23 nitrogen and oxygen atoms in total. The van der Waals surface area contributed by atoms with E-state index >= 15 is 0 Å². The Bertz CT molecular complexity index is 2620. The average Bonchev–Trinajstić information content (AvgIpc) is 3.65. The van der Waals surface area contributed by atoms with Crippen LogP contribution in [0, 0.1) is 0 Å². The molecule has 394 valence electrons. The Labute approximate surface area is 431 Å². The second-order valence-electron chi connectivity index (χ2n) is 18.3. The maximum Gasteiger partial charge on any atom is 0.412 e. The van der Waals surface area contributed by atoms with Crippen LogP contribution in [-0.2, 0) is 70.2 Å². The number of fused-ring (bicyclic) bond motifs is 8. The number of carbonyl (C=O) groups is 9. The van der Waals surface area contributed by atoms with Crippen LogP contribution in [0.5, 0.6) is 0 Å². The minimum Gasteiger partial charge on any atom is -0.480 e. The molecule has 3 fully saturated rings. The van der Waals surface area contributed by atoms with Gasteiger partial charge in [0.05, 0.1) is 32.7 Å². The van der Waals surface area contributed by atoms with E-state index in [1.54, 1.807) is 21.9 Å². The van der Waals surface area contributed by atoms with E-state index in [0.717, 1.165) is 21.2 Å². The zero-order chi connectivity index (χ0) is 52.7. The van der Waals surface area contributed by atoms with Gasteiger partial charge in [-0.05, 0) is 71.9 Å². The van der Waals surface area contributed by atoms with Crippen LogP contribution < -0.4 is 21.3 Å². The van der Waals surface area contributed by atoms with Crippen molar-refractivity contribution in [2.75, 3.05) is 90.4 Å². The third-order valence-electron chi connectivity index (χ3n) is 12.9. The van der Waals surface area contributed by atoms with E-state index in [1.807, 2.05) is 64.4 Å². The van der Waals surface area contributed by atoms with Crippen LogP contribution in [0.3, 0.4) is 0 Å². The Morgan fingerprint density at radius 1 is 0.703 bits per heavy atom. The third-order valence-corrected chi connectivity index (χ3v) is 13.1. The minimum absolute atomic E-state index is 0.00410. The molecule has 0 radical (unpaired) electrons. The summed E-state index contributed by atoms with van der Waals surface area (Å²) < 4.78 is 15.9. The number of nitrogens with zero attached hydrogens (tertiary/aromatic N) is 5. The number of hydrogen-bond acceptors (Lipinski definition) is 17. The first-order chi connectivity index (χ1) is 35.5. The maximum atomic E-state index is 13.8. The topological polar surface area (TPSA) is 286 Å². The van der Waals surface area contributed by atoms with Crippen LogP contribution in [0.15, 0.2) is 78.9 Å². The van der Waals surface area contributed by atoms with Gasteiger partial charge < -0.3 is 45.7 Å². The summed E-state index contributed by atoms with van der Waals surface area (Å²) in [5.41, 5.74) is 2.08. The van der Waals surface area contributed by atoms with Gasteiger partial charge in [0.25, 0.3) is 11.8 Å². The van der Waals surface area contributed by atoms with Crippen molar-refractivity contribution in [2.24, 2.45) is 0 Å². The summed E-state index contributed by atoms with van der Waals surface area (Å²) in [4.78, 5) is 123. The second-order valence-corrected chi connectivity index (χ2v) is 18.7. The zero-order valence-corrected chi connectivity index (χ0v) is 41.3. The molecule has 5 unspecified atom stereocenters. The number of hydrogen-bond donors (Lipinski definition) is 6. The van der Waals surface area contributed by atoms with Crippen LogP contribution in [0.4, 0.5) is 5.69 Å². The van der Waals surface area contributed by atoms with Crippen LogP contribution in [0.25, 0.3) is 10.8 Å². The van der Waals surface area contributed by atoms with Crippen molar-refractivity contribution in [2.45, 2.75) is 56.7 Å². The molecular formula is C50H59N9O14S. The van der Waals surface area contributed by atoms with E-state index in [-0.39, 0.29) is 76.7 Å². The number of imide groups is 1. The van der Waals surface area contributed by atoms with Gasteiger partial charge in [0, 0.05) is 82.7 Å². The number of nitrogens with one attached hydrogen (secondary N) is 4. The quantitative estimate of drug-likeness (QED) is 0.0412. The number of rotatable bonds is 18. The van der Waals surface area contributed by atoms with E-state index < -0.39 is 78.1 Å². The van der Waals surface area contributed by atoms with Crippen molar-refractivity contribution in [3.8, 4) is 0 Å². The highest BCUT2D eigenvalue weighted by atomic mass is 32.1. The Morgan fingerprint density at radius 2 is 1.32 bits per heavy atom. The molecule has 7 atom stereocenters. The van der Waals surface area contributed by atoms with Crippen LogP contribution >= 0.6 is 12.2 Å². The molecule has 4 bridgehead atoms. The summed E-state index contributed by atoms with van der Waals surface area (Å²) >= 11 is 5.52. The summed E-state index contributed by atoms with van der Waals surface area (Å²) in [6.45, 7) is -0.849. The van der Waals surface area contributed by atoms with Gasteiger partial charge in [0.2, 0.25) is 11.8 Å². The van der Waals surface area contributed by atoms with Gasteiger partial charge in [-0.25, -0.2) is 4.79 Å². The fraction of sp³-hybridized carbons (Fsp3) is 0.440. The summed E-state index contributed by atoms with van der Waals surface area (Å²) in [7, 11) is 0. The highest BCUT2D eigenvalue weighted by molar-refractivity contribution is 7.80. The summed E-state index contributed by atoms with van der Waals surface area (Å²) in [5.74, 6) is -6.88. The minimum atomic E-state index is -1.87. The second kappa shape index (κ2) is 26.0. The highest BCUT2D eigenvalue weighted by Crippen LogP contribution is 2.20. The Balaban J connectivity index is 0.983. The lowest BCUT2D eigenvalue weighted by atomic mass is 10.0. The number of ether oxygens (including phenoxy) is 3. The van der Waals surface area contributed by atoms with Crippen molar-refractivity contribution >= 4 is 87.3 Å². The lowest BCUT2D eigenvalue weighted by molar-refractivity contribution is -0.258. The molecule has 24 heteroatoms. The first-order valence-electron chi connectivity index (χ1n) is 24.2. The molecule has 3 saturated heterocycles. The van der Waals surface area contributed by atoms with Crippen molar-refractivity contribution < 1.29 is 67.6 Å². The molecule has 0 spiro atoms. The van der Waals surface area contributed by atoms with Gasteiger partial charge in [-0.2, -0.15) is 0 Å². The zero-order valence-electron chi connectivity index (χ0n) is 40.5. The fourth-order valence-corrected chi connectivity index (χ4v) is 9.21. The molecule has 4 heterocycles. The number of carbonyl (C=O) groups excluding carboxylic acids is 7. The monoisotopic (exact) mass is 1040 g/mol. The number of carboxylic acid groups (broad SMARTS) is 2. The van der Waals surface area contributed by atoms with Crippen molar-refractivity contribution in [1.29, 1.82) is 0 Å². The summed E-state index contributed by atoms with van der Waals surface area (Å²) in [6, 6.07) is 17.4. The number of carboxylic acids is 2. The first-order valence-corrected chi connectivity index (χ1v) is 24.6. The van der Waals surface area contributed by atoms with Gasteiger partial charge in [-0.15, -0.1) is 0 Å². The number of amides is 4. The molecule has 6 N–H and O–H groups in total. The van der Waals surface area contributed by atoms with Crippen molar-refractivity contribution in [3.63, 3.8) is 0 Å². The molecule has 0 aromatic heterocycles. The summed E-state index contributed by atoms with van der Waals surface area (Å²) in [5, 5.41) is 33.0. The first kappa shape index (κ1) is 54.4. The Hall–Kier alpha value is -7.38. The highest BCUT2D eigenvalue weighted by Gasteiger charge is 2.34. The number of thiocarbonyl (C=S) groups is 1. The molecule has 4 aliphatic heterocycles. The van der Waals surface area contributed by atoms with E-state index in [1.165, 1.54) is 12.2 Å². The predicted molar refractivity (Wildman–Crippen MR) is 268 cm³/mol. The van der Waals surface area contributed by atoms with Crippen LogP contribution in [0.2, 0.25) is 0 Å². The van der Waals surface area contributed by atoms with Gasteiger partial charge in [0.15, 0.2) is 5.11 Å². The van der Waals surface area contributed by atoms with Crippen molar-refractivity contribution in [1.82, 2.24) is 40.4 Å². The lowest BCUT2D eigenvalue weighted by Crippen LogP contribution is -2.54. The number of esters is 3. The number of anilines is 1. The Kier molecular flexibility index (Phi) is 19.1. The smallest absolute Gasteiger partial charge is 0.412 e. The number of unbranched alkanes of at least 4 members (excludes halogenated alkanes) is 1. The molecule has 3 aromatic rings. The molecule has 4 amide bonds. The van der Waals surface area contributed by atoms with E-state index in [0.29, 0.717) is 56.8 Å². The average molecular weight is 1040 g/mol. The Morgan fingerprint density at radius 3 is 1.99 bits per heavy atom. The molecule has 0 aliphatic carbocycles. The molecular weight excluding hydrogens is 983 g/mol. The largest absolute Gasteiger partial charge is 0.480 e. The molecule has 3 aromatic carbocycles. The standard InChI is InChI=1S/C50H59N9O14S/c60-40(53-39(25-33-8-11-34-5-1-2-6-35(34)23-33)47(68)54-38(48(69)70)7-3-4-16-59-41(61)14-15-42(59)62)26-51-49(74)52-36-12-9-32(10-13-36)24-37-27-57(28-43(63)64)20-19-55-17-18-56-21-22-58(37)31-46(67)73-50(71-44(65)29-55)72-45(66)30-56/h1-2,5-6,8-15,23,37-39,50H,3-4,7,16-22,24-31H2,(H,53,60)(H,54,68)(H,63,64)(H,69,70)(H2,51,52,74)/t37?,38-,39-,50?/m0/s1. The SMILES string of the molecule is O=C(O)CN1CCN2CCN3CCN(CC(=O)OC(OC(=O)C2)OC(=O)C3)C(Cc2ccc(NC(=S)NCC(=O)N[C@@H](Cc3ccc4ccccc4c3)C(=O)N[C@@H](CCCCN3C(=O)C=CC3=O)C(=O)O)cc2)C1. The number of benzene rings is 3. The number of aliphatic carboxylic acids is 2. The predicted octanol–water partition coefficient (Wildman–Crippen LogP) is -0.324. The van der Waals surface area contributed by atoms with Gasteiger partial charge in [-0.1, -0.05) is 54.6 Å². The maximum absolute atomic E-state index is 13.8. The van der Waals surface area contributed by atoms with E-state index in [2.05, 4.69) is 21.3 Å². The van der Waals surface area contributed by atoms with Crippen LogP contribution in [-0.4, -0.2) is 203 Å². The molecule has 7 rings (SSSR count). The van der Waals surface area contributed by atoms with Crippen LogP contribution in [0.1, 0.15) is 30.4 Å². The molecule has 4 aliphatic rings. The van der Waals surface area contributed by atoms with Crippen molar-refractivity contribution in [3.05, 3.63) is 90.0 Å². The summed E-state index contributed by atoms with van der Waals surface area (Å²) in [6.07, 6.45) is 3.32. The van der Waals surface area contributed by atoms with Gasteiger partial charge >= 0.3 is 36.3 Å². The van der Waals surface area contributed by atoms with Gasteiger partial charge in [-0.3, -0.25) is 62.9 Å². The van der Waals surface area contributed by atoms with E-state index in [4.69, 9.17) is 26.4 Å². The fourth-order valence-electron chi connectivity index (χ4n) is 9.02. The molecule has 0 saturated carbocycles.